The summed E-state index contributed by atoms with van der Waals surface area (Å²) in [5, 5.41) is 3.97. The molecular formula is C15H12F2N4. The third kappa shape index (κ3) is 2.60. The third-order valence-corrected chi connectivity index (χ3v) is 3.04. The predicted molar refractivity (Wildman–Crippen MR) is 78.3 cm³/mol. The Morgan fingerprint density at radius 2 is 1.81 bits per heavy atom. The Labute approximate surface area is 119 Å². The molecule has 0 aliphatic rings. The summed E-state index contributed by atoms with van der Waals surface area (Å²) in [6, 6.07) is 11.2. The van der Waals surface area contributed by atoms with Gasteiger partial charge in [0.1, 0.15) is 11.6 Å². The van der Waals surface area contributed by atoms with Crippen LogP contribution in [0.5, 0.6) is 0 Å². The molecule has 3 aromatic rings. The van der Waals surface area contributed by atoms with Crippen LogP contribution in [0.25, 0.3) is 11.0 Å². The van der Waals surface area contributed by atoms with E-state index >= 15 is 0 Å². The fraction of sp³-hybridized carbons (Fsp3) is 0.0667. The molecule has 6 heteroatoms. The van der Waals surface area contributed by atoms with Crippen LogP contribution in [0.2, 0.25) is 0 Å². The van der Waals surface area contributed by atoms with Crippen molar-refractivity contribution in [2.45, 2.75) is 6.92 Å². The van der Waals surface area contributed by atoms with Gasteiger partial charge in [-0.3, -0.25) is 0 Å². The van der Waals surface area contributed by atoms with Gasteiger partial charge in [0.05, 0.1) is 22.3 Å². The van der Waals surface area contributed by atoms with Crippen LogP contribution in [0.1, 0.15) is 12.5 Å². The molecule has 1 heterocycles. The van der Waals surface area contributed by atoms with Gasteiger partial charge in [-0.25, -0.2) is 19.2 Å². The summed E-state index contributed by atoms with van der Waals surface area (Å²) in [4.78, 5) is 7.28. The Kier molecular flexibility index (Phi) is 3.35. The van der Waals surface area contributed by atoms with Crippen molar-refractivity contribution in [3.63, 3.8) is 0 Å². The first-order chi connectivity index (χ1) is 10.1. The molecule has 0 fully saturated rings. The van der Waals surface area contributed by atoms with E-state index in [0.717, 1.165) is 11.0 Å². The van der Waals surface area contributed by atoms with Crippen molar-refractivity contribution in [1.82, 2.24) is 9.97 Å². The molecule has 106 valence electrons. The number of H-pyrrole nitrogens is 1. The first kappa shape index (κ1) is 13.2. The summed E-state index contributed by atoms with van der Waals surface area (Å²) < 4.78 is 27.2. The molecule has 0 amide bonds. The number of aromatic amines is 1. The molecule has 0 unspecified atom stereocenters. The number of benzene rings is 2. The highest BCUT2D eigenvalue weighted by Gasteiger charge is 2.11. The molecule has 4 nitrogen and oxygen atoms in total. The van der Waals surface area contributed by atoms with Crippen LogP contribution >= 0.6 is 0 Å². The highest BCUT2D eigenvalue weighted by Crippen LogP contribution is 2.15. The fourth-order valence-corrected chi connectivity index (χ4v) is 2.04. The second-order valence-electron chi connectivity index (χ2n) is 4.51. The number of hydrogen-bond acceptors (Lipinski definition) is 3. The van der Waals surface area contributed by atoms with E-state index in [2.05, 4.69) is 20.5 Å². The lowest BCUT2D eigenvalue weighted by Gasteiger charge is -2.04. The Morgan fingerprint density at radius 1 is 1.10 bits per heavy atom. The maximum Gasteiger partial charge on any atom is 0.222 e. The molecule has 0 atom stereocenters. The summed E-state index contributed by atoms with van der Waals surface area (Å²) >= 11 is 0. The van der Waals surface area contributed by atoms with Crippen molar-refractivity contribution in [2.75, 3.05) is 5.43 Å². The summed E-state index contributed by atoms with van der Waals surface area (Å²) in [5.74, 6) is -0.891. The van der Waals surface area contributed by atoms with E-state index in [1.165, 1.54) is 25.1 Å². The number of halogens is 2. The van der Waals surface area contributed by atoms with E-state index in [-0.39, 0.29) is 11.3 Å². The smallest absolute Gasteiger partial charge is 0.222 e. The number of aromatic nitrogens is 2. The zero-order valence-corrected chi connectivity index (χ0v) is 11.2. The fourth-order valence-electron chi connectivity index (χ4n) is 2.04. The quantitative estimate of drug-likeness (QED) is 0.570. The molecule has 0 saturated heterocycles. The van der Waals surface area contributed by atoms with E-state index in [1.807, 2.05) is 24.3 Å². The first-order valence-electron chi connectivity index (χ1n) is 6.34. The lowest BCUT2D eigenvalue weighted by Crippen LogP contribution is -2.06. The Morgan fingerprint density at radius 3 is 2.52 bits per heavy atom. The van der Waals surface area contributed by atoms with E-state index in [4.69, 9.17) is 0 Å². The van der Waals surface area contributed by atoms with Crippen LogP contribution in [-0.2, 0) is 0 Å². The Hall–Kier alpha value is -2.76. The molecule has 2 aromatic carbocycles. The number of nitrogens with zero attached hydrogens (tertiary/aromatic N) is 2. The molecule has 21 heavy (non-hydrogen) atoms. The second kappa shape index (κ2) is 5.32. The number of nitrogens with one attached hydrogen (secondary N) is 2. The topological polar surface area (TPSA) is 53.1 Å². The zero-order chi connectivity index (χ0) is 14.8. The van der Waals surface area contributed by atoms with Gasteiger partial charge < -0.3 is 4.98 Å². The normalized spacial score (nSPS) is 11.9. The molecule has 0 aliphatic carbocycles. The summed E-state index contributed by atoms with van der Waals surface area (Å²) in [6.07, 6.45) is 0. The lowest BCUT2D eigenvalue weighted by molar-refractivity contribution is 0.579. The van der Waals surface area contributed by atoms with Crippen molar-refractivity contribution in [3.05, 3.63) is 59.7 Å². The van der Waals surface area contributed by atoms with Crippen LogP contribution in [0.4, 0.5) is 14.7 Å². The van der Waals surface area contributed by atoms with Crippen molar-refractivity contribution in [3.8, 4) is 0 Å². The van der Waals surface area contributed by atoms with E-state index in [0.29, 0.717) is 5.95 Å². The van der Waals surface area contributed by atoms with Crippen LogP contribution in [0.3, 0.4) is 0 Å². The molecule has 1 aromatic heterocycles. The van der Waals surface area contributed by atoms with E-state index < -0.39 is 11.6 Å². The molecule has 0 saturated carbocycles. The monoisotopic (exact) mass is 286 g/mol. The van der Waals surface area contributed by atoms with Crippen LogP contribution in [0, 0.1) is 11.6 Å². The molecule has 0 bridgehead atoms. The summed E-state index contributed by atoms with van der Waals surface area (Å²) in [7, 11) is 0. The SMILES string of the molecule is C/C(=N\Nc1nc2ccccc2[nH]1)c1c(F)cccc1F. The van der Waals surface area contributed by atoms with Crippen molar-refractivity contribution < 1.29 is 8.78 Å². The number of imidazole rings is 1. The first-order valence-corrected chi connectivity index (χ1v) is 6.34. The van der Waals surface area contributed by atoms with Crippen molar-refractivity contribution in [1.29, 1.82) is 0 Å². The Bertz CT molecular complexity index is 770. The molecule has 3 rings (SSSR count). The molecule has 0 aliphatic heterocycles. The van der Waals surface area contributed by atoms with Crippen LogP contribution < -0.4 is 5.43 Å². The van der Waals surface area contributed by atoms with Gasteiger partial charge in [-0.1, -0.05) is 18.2 Å². The number of rotatable bonds is 3. The summed E-state index contributed by atoms with van der Waals surface area (Å²) in [6.45, 7) is 1.52. The van der Waals surface area contributed by atoms with Gasteiger partial charge in [-0.05, 0) is 31.2 Å². The minimum Gasteiger partial charge on any atom is -0.323 e. The second-order valence-corrected chi connectivity index (χ2v) is 4.51. The molecular weight excluding hydrogens is 274 g/mol. The van der Waals surface area contributed by atoms with Crippen molar-refractivity contribution in [2.24, 2.45) is 5.10 Å². The number of fused-ring (bicyclic) bond motifs is 1. The standard InChI is InChI=1S/C15H12F2N4/c1-9(14-10(16)5-4-6-11(14)17)20-21-15-18-12-7-2-3-8-13(12)19-15/h2-8H,1H3,(H2,18,19,21)/b20-9+. The highest BCUT2D eigenvalue weighted by atomic mass is 19.1. The third-order valence-electron chi connectivity index (χ3n) is 3.04. The van der Waals surface area contributed by atoms with Crippen LogP contribution in [0.15, 0.2) is 47.6 Å². The molecule has 2 N–H and O–H groups in total. The average molecular weight is 286 g/mol. The van der Waals surface area contributed by atoms with Crippen LogP contribution in [-0.4, -0.2) is 15.7 Å². The minimum atomic E-state index is -0.650. The van der Waals surface area contributed by atoms with Gasteiger partial charge in [0.25, 0.3) is 0 Å². The number of para-hydroxylation sites is 2. The van der Waals surface area contributed by atoms with Gasteiger partial charge in [0.15, 0.2) is 0 Å². The maximum absolute atomic E-state index is 13.6. The van der Waals surface area contributed by atoms with Gasteiger partial charge >= 0.3 is 0 Å². The highest BCUT2D eigenvalue weighted by molar-refractivity contribution is 5.99. The van der Waals surface area contributed by atoms with E-state index in [9.17, 15) is 8.78 Å². The van der Waals surface area contributed by atoms with Gasteiger partial charge in [0.2, 0.25) is 5.95 Å². The van der Waals surface area contributed by atoms with E-state index in [1.54, 1.807) is 0 Å². The van der Waals surface area contributed by atoms with Gasteiger partial charge in [-0.2, -0.15) is 5.10 Å². The maximum atomic E-state index is 13.6. The lowest BCUT2D eigenvalue weighted by atomic mass is 10.1. The zero-order valence-electron chi connectivity index (χ0n) is 11.2. The Balaban J connectivity index is 1.88. The summed E-state index contributed by atoms with van der Waals surface area (Å²) in [5.41, 5.74) is 4.36. The average Bonchev–Trinajstić information content (AvgIpc) is 2.87. The largest absolute Gasteiger partial charge is 0.323 e. The molecule has 0 radical (unpaired) electrons. The van der Waals surface area contributed by atoms with Gasteiger partial charge in [0, 0.05) is 0 Å². The molecule has 0 spiro atoms. The number of anilines is 1. The van der Waals surface area contributed by atoms with Crippen molar-refractivity contribution >= 4 is 22.7 Å². The predicted octanol–water partition coefficient (Wildman–Crippen LogP) is 3.68. The number of hydrazone groups is 1. The van der Waals surface area contributed by atoms with Gasteiger partial charge in [-0.15, -0.1) is 0 Å². The minimum absolute atomic E-state index is 0.152. The number of hydrogen-bond donors (Lipinski definition) is 2.